The summed E-state index contributed by atoms with van der Waals surface area (Å²) in [4.78, 5) is 38.2. The van der Waals surface area contributed by atoms with Crippen molar-refractivity contribution in [2.24, 2.45) is 0 Å². The van der Waals surface area contributed by atoms with Gasteiger partial charge in [-0.05, 0) is 36.2 Å². The number of urea groups is 1. The minimum absolute atomic E-state index is 0.133. The van der Waals surface area contributed by atoms with Crippen LogP contribution in [0.2, 0.25) is 0 Å². The Labute approximate surface area is 180 Å². The second-order valence-electron chi connectivity index (χ2n) is 7.45. The van der Waals surface area contributed by atoms with E-state index >= 15 is 0 Å². The molecule has 0 bridgehead atoms. The predicted octanol–water partition coefficient (Wildman–Crippen LogP) is 1.68. The number of rotatable bonds is 6. The van der Waals surface area contributed by atoms with Crippen LogP contribution in [0.3, 0.4) is 0 Å². The van der Waals surface area contributed by atoms with Gasteiger partial charge in [0.1, 0.15) is 6.04 Å². The Morgan fingerprint density at radius 1 is 1.06 bits per heavy atom. The molecule has 1 atom stereocenters. The van der Waals surface area contributed by atoms with Gasteiger partial charge >= 0.3 is 6.03 Å². The molecule has 4 amide bonds. The Morgan fingerprint density at radius 3 is 2.42 bits per heavy atom. The monoisotopic (exact) mass is 442 g/mol. The lowest BCUT2D eigenvalue weighted by molar-refractivity contribution is -0.130. The number of benzene rings is 2. The minimum Gasteiger partial charge on any atom is -0.326 e. The predicted molar refractivity (Wildman–Crippen MR) is 115 cm³/mol. The smallest absolute Gasteiger partial charge is 0.325 e. The van der Waals surface area contributed by atoms with Crippen molar-refractivity contribution in [3.8, 4) is 0 Å². The first-order chi connectivity index (χ1) is 14.8. The maximum atomic E-state index is 12.6. The summed E-state index contributed by atoms with van der Waals surface area (Å²) < 4.78 is 25.4. The lowest BCUT2D eigenvalue weighted by Gasteiger charge is -2.17. The van der Waals surface area contributed by atoms with Crippen molar-refractivity contribution in [1.82, 2.24) is 10.2 Å². The third kappa shape index (κ3) is 4.53. The molecule has 0 radical (unpaired) electrons. The molecule has 0 aromatic heterocycles. The molecule has 0 saturated carbocycles. The second-order valence-corrected chi connectivity index (χ2v) is 9.47. The van der Waals surface area contributed by atoms with Crippen LogP contribution in [0.15, 0.2) is 54.6 Å². The number of carbonyl (C=O) groups is 3. The van der Waals surface area contributed by atoms with Crippen LogP contribution in [0.4, 0.5) is 16.2 Å². The van der Waals surface area contributed by atoms with Crippen LogP contribution < -0.4 is 14.9 Å². The van der Waals surface area contributed by atoms with Crippen molar-refractivity contribution in [1.29, 1.82) is 0 Å². The molecular weight excluding hydrogens is 420 g/mol. The van der Waals surface area contributed by atoms with Gasteiger partial charge in [0, 0.05) is 12.2 Å². The fourth-order valence-corrected chi connectivity index (χ4v) is 5.23. The van der Waals surface area contributed by atoms with E-state index in [1.165, 1.54) is 4.31 Å². The van der Waals surface area contributed by atoms with Gasteiger partial charge < -0.3 is 10.6 Å². The number of imide groups is 1. The van der Waals surface area contributed by atoms with Crippen LogP contribution >= 0.6 is 0 Å². The fourth-order valence-electron chi connectivity index (χ4n) is 3.67. The molecule has 2 fully saturated rings. The lowest BCUT2D eigenvalue weighted by Crippen LogP contribution is -2.34. The van der Waals surface area contributed by atoms with Crippen molar-refractivity contribution < 1.29 is 22.8 Å². The summed E-state index contributed by atoms with van der Waals surface area (Å²) in [5, 5.41) is 5.23. The van der Waals surface area contributed by atoms with E-state index in [9.17, 15) is 22.8 Å². The molecular formula is C21H22N4O5S. The molecule has 1 unspecified atom stereocenters. The summed E-state index contributed by atoms with van der Waals surface area (Å²) in [6.45, 7) is 0.585. The van der Waals surface area contributed by atoms with Crippen molar-refractivity contribution in [3.05, 3.63) is 60.2 Å². The SMILES string of the molecule is O=C(CC1NC(=O)N(Cc2ccccc2)C1=O)Nc1ccc(N2CCCS2(=O)=O)cc1. The third-order valence-corrected chi connectivity index (χ3v) is 7.09. The number of anilines is 2. The van der Waals surface area contributed by atoms with Crippen LogP contribution in [0.1, 0.15) is 18.4 Å². The Kier molecular flexibility index (Phi) is 5.64. The maximum absolute atomic E-state index is 12.6. The zero-order chi connectivity index (χ0) is 22.0. The van der Waals surface area contributed by atoms with Gasteiger partial charge in [-0.1, -0.05) is 30.3 Å². The van der Waals surface area contributed by atoms with E-state index in [-0.39, 0.29) is 18.7 Å². The first-order valence-electron chi connectivity index (χ1n) is 9.89. The van der Waals surface area contributed by atoms with Gasteiger partial charge in [-0.15, -0.1) is 0 Å². The number of carbonyl (C=O) groups excluding carboxylic acids is 3. The zero-order valence-electron chi connectivity index (χ0n) is 16.7. The van der Waals surface area contributed by atoms with Gasteiger partial charge in [0.05, 0.1) is 24.4 Å². The molecule has 10 heteroatoms. The molecule has 2 aliphatic heterocycles. The summed E-state index contributed by atoms with van der Waals surface area (Å²) >= 11 is 0. The largest absolute Gasteiger partial charge is 0.326 e. The molecule has 0 aliphatic carbocycles. The van der Waals surface area contributed by atoms with Crippen LogP contribution in [0.5, 0.6) is 0 Å². The fraction of sp³-hybridized carbons (Fsp3) is 0.286. The van der Waals surface area contributed by atoms with E-state index in [4.69, 9.17) is 0 Å². The van der Waals surface area contributed by atoms with Crippen molar-refractivity contribution in [2.75, 3.05) is 21.9 Å². The number of sulfonamides is 1. The van der Waals surface area contributed by atoms with Crippen LogP contribution in [0, 0.1) is 0 Å². The summed E-state index contributed by atoms with van der Waals surface area (Å²) in [5.41, 5.74) is 1.84. The Morgan fingerprint density at radius 2 is 1.77 bits per heavy atom. The van der Waals surface area contributed by atoms with Gasteiger partial charge in [0.15, 0.2) is 0 Å². The summed E-state index contributed by atoms with van der Waals surface area (Å²) in [5.74, 6) is -0.742. The molecule has 0 spiro atoms. The first kappa shape index (κ1) is 20.9. The summed E-state index contributed by atoms with van der Waals surface area (Å²) in [6.07, 6.45) is 0.390. The topological polar surface area (TPSA) is 116 Å². The highest BCUT2D eigenvalue weighted by molar-refractivity contribution is 7.93. The van der Waals surface area contributed by atoms with Gasteiger partial charge in [-0.2, -0.15) is 0 Å². The number of nitrogens with zero attached hydrogens (tertiary/aromatic N) is 2. The van der Waals surface area contributed by atoms with Crippen LogP contribution in [0.25, 0.3) is 0 Å². The van der Waals surface area contributed by atoms with Gasteiger partial charge in [-0.3, -0.25) is 18.8 Å². The highest BCUT2D eigenvalue weighted by Gasteiger charge is 2.39. The Bertz CT molecular complexity index is 1100. The molecule has 4 rings (SSSR count). The zero-order valence-corrected chi connectivity index (χ0v) is 17.5. The average Bonchev–Trinajstić information content (AvgIpc) is 3.22. The van der Waals surface area contributed by atoms with E-state index < -0.39 is 33.9 Å². The van der Waals surface area contributed by atoms with E-state index in [1.54, 1.807) is 24.3 Å². The van der Waals surface area contributed by atoms with Gasteiger partial charge in [0.2, 0.25) is 15.9 Å². The van der Waals surface area contributed by atoms with E-state index in [1.807, 2.05) is 30.3 Å². The molecule has 2 aliphatic rings. The lowest BCUT2D eigenvalue weighted by atomic mass is 10.1. The van der Waals surface area contributed by atoms with Gasteiger partial charge in [-0.25, -0.2) is 13.2 Å². The van der Waals surface area contributed by atoms with Crippen molar-refractivity contribution >= 4 is 39.2 Å². The van der Waals surface area contributed by atoms with E-state index in [2.05, 4.69) is 10.6 Å². The molecule has 2 heterocycles. The van der Waals surface area contributed by atoms with E-state index in [0.717, 1.165) is 10.5 Å². The summed E-state index contributed by atoms with van der Waals surface area (Å²) in [6, 6.07) is 14.1. The normalized spacial score (nSPS) is 20.1. The number of amides is 4. The average molecular weight is 442 g/mol. The number of hydrogen-bond donors (Lipinski definition) is 2. The molecule has 2 N–H and O–H groups in total. The molecule has 31 heavy (non-hydrogen) atoms. The first-order valence-corrected chi connectivity index (χ1v) is 11.5. The van der Waals surface area contributed by atoms with Crippen LogP contribution in [-0.4, -0.2) is 49.5 Å². The van der Waals surface area contributed by atoms with Crippen LogP contribution in [-0.2, 0) is 26.2 Å². The molecule has 162 valence electrons. The second kappa shape index (κ2) is 8.38. The number of nitrogens with one attached hydrogen (secondary N) is 2. The molecule has 9 nitrogen and oxygen atoms in total. The molecule has 2 saturated heterocycles. The maximum Gasteiger partial charge on any atom is 0.325 e. The highest BCUT2D eigenvalue weighted by atomic mass is 32.2. The number of hydrogen-bond acceptors (Lipinski definition) is 5. The third-order valence-electron chi connectivity index (χ3n) is 5.22. The summed E-state index contributed by atoms with van der Waals surface area (Å²) in [7, 11) is -3.27. The van der Waals surface area contributed by atoms with E-state index in [0.29, 0.717) is 24.3 Å². The molecule has 2 aromatic rings. The molecule has 2 aromatic carbocycles. The standard InChI is InChI=1S/C21H22N4O5S/c26-19(22-16-7-9-17(10-8-16)25-11-4-12-31(25,29)30)13-18-20(27)24(21(28)23-18)14-15-5-2-1-3-6-15/h1-3,5-10,18H,4,11-14H2,(H,22,26)(H,23,28). The van der Waals surface area contributed by atoms with Crippen molar-refractivity contribution in [3.63, 3.8) is 0 Å². The minimum atomic E-state index is -3.27. The Hall–Kier alpha value is -3.40. The quantitative estimate of drug-likeness (QED) is 0.661. The Balaban J connectivity index is 1.34. The van der Waals surface area contributed by atoms with Gasteiger partial charge in [0.25, 0.3) is 5.91 Å². The highest BCUT2D eigenvalue weighted by Crippen LogP contribution is 2.25. The van der Waals surface area contributed by atoms with Crippen molar-refractivity contribution in [2.45, 2.75) is 25.4 Å².